The molecular formula is C17H21N3. The van der Waals surface area contributed by atoms with Gasteiger partial charge in [-0.1, -0.05) is 43.5 Å². The third kappa shape index (κ3) is 2.82. The molecule has 104 valence electrons. The van der Waals surface area contributed by atoms with Crippen LogP contribution in [-0.4, -0.2) is 17.0 Å². The Kier molecular flexibility index (Phi) is 3.95. The highest BCUT2D eigenvalue weighted by molar-refractivity contribution is 5.62. The van der Waals surface area contributed by atoms with Crippen LogP contribution in [0.3, 0.4) is 0 Å². The van der Waals surface area contributed by atoms with Crippen molar-refractivity contribution in [3.05, 3.63) is 42.2 Å². The van der Waals surface area contributed by atoms with Gasteiger partial charge in [-0.05, 0) is 29.9 Å². The van der Waals surface area contributed by atoms with E-state index in [0.717, 1.165) is 11.5 Å². The second kappa shape index (κ2) is 6.04. The molecule has 0 amide bonds. The molecule has 1 aromatic heterocycles. The maximum atomic E-state index is 4.26. The van der Waals surface area contributed by atoms with E-state index >= 15 is 0 Å². The number of hydrogen-bond donors (Lipinski definition) is 1. The highest BCUT2D eigenvalue weighted by Crippen LogP contribution is 2.33. The van der Waals surface area contributed by atoms with Crippen LogP contribution in [0.1, 0.15) is 43.6 Å². The van der Waals surface area contributed by atoms with Gasteiger partial charge in [0.1, 0.15) is 0 Å². The van der Waals surface area contributed by atoms with Crippen LogP contribution in [0.2, 0.25) is 0 Å². The largest absolute Gasteiger partial charge is 0.357 e. The number of nitrogens with one attached hydrogen (secondary N) is 1. The van der Waals surface area contributed by atoms with E-state index in [0.29, 0.717) is 5.95 Å². The Morgan fingerprint density at radius 1 is 0.900 bits per heavy atom. The van der Waals surface area contributed by atoms with Crippen LogP contribution in [0.15, 0.2) is 36.7 Å². The molecule has 0 spiro atoms. The second-order valence-electron chi connectivity index (χ2n) is 5.50. The molecule has 0 atom stereocenters. The van der Waals surface area contributed by atoms with Crippen LogP contribution < -0.4 is 5.32 Å². The Hall–Kier alpha value is -1.90. The zero-order chi connectivity index (χ0) is 13.8. The number of nitrogens with zero attached hydrogens (tertiary/aromatic N) is 2. The highest BCUT2D eigenvalue weighted by Gasteiger charge is 2.15. The minimum Gasteiger partial charge on any atom is -0.357 e. The molecule has 1 fully saturated rings. The maximum Gasteiger partial charge on any atom is 0.222 e. The van der Waals surface area contributed by atoms with Crippen LogP contribution in [0, 0.1) is 0 Å². The maximum absolute atomic E-state index is 4.26. The lowest BCUT2D eigenvalue weighted by Crippen LogP contribution is -2.04. The summed E-state index contributed by atoms with van der Waals surface area (Å²) in [5.74, 6) is 1.42. The van der Waals surface area contributed by atoms with Gasteiger partial charge in [-0.3, -0.25) is 0 Å². The third-order valence-electron chi connectivity index (χ3n) is 4.20. The van der Waals surface area contributed by atoms with Crippen LogP contribution in [0.4, 0.5) is 5.95 Å². The van der Waals surface area contributed by atoms with Gasteiger partial charge in [-0.25, -0.2) is 9.97 Å². The zero-order valence-corrected chi connectivity index (χ0v) is 12.0. The summed E-state index contributed by atoms with van der Waals surface area (Å²) in [4.78, 5) is 8.53. The molecule has 2 aromatic rings. The molecule has 1 aliphatic carbocycles. The van der Waals surface area contributed by atoms with Gasteiger partial charge in [0.15, 0.2) is 0 Å². The molecule has 1 N–H and O–H groups in total. The van der Waals surface area contributed by atoms with Crippen LogP contribution in [0.25, 0.3) is 11.1 Å². The Morgan fingerprint density at radius 3 is 2.15 bits per heavy atom. The summed E-state index contributed by atoms with van der Waals surface area (Å²) in [6.45, 7) is 0. The fourth-order valence-corrected chi connectivity index (χ4v) is 2.99. The first-order valence-electron chi connectivity index (χ1n) is 7.47. The summed E-state index contributed by atoms with van der Waals surface area (Å²) in [5, 5.41) is 2.94. The summed E-state index contributed by atoms with van der Waals surface area (Å²) >= 11 is 0. The monoisotopic (exact) mass is 267 g/mol. The number of anilines is 1. The normalized spacial score (nSPS) is 16.1. The Labute approximate surface area is 120 Å². The Bertz CT molecular complexity index is 539. The van der Waals surface area contributed by atoms with E-state index in [1.807, 2.05) is 19.4 Å². The molecule has 20 heavy (non-hydrogen) atoms. The molecule has 3 nitrogen and oxygen atoms in total. The molecule has 0 unspecified atom stereocenters. The molecule has 1 aliphatic rings. The minimum absolute atomic E-state index is 0.660. The molecule has 0 radical (unpaired) electrons. The number of aromatic nitrogens is 2. The lowest BCUT2D eigenvalue weighted by molar-refractivity contribution is 0.443. The van der Waals surface area contributed by atoms with Crippen molar-refractivity contribution in [1.29, 1.82) is 0 Å². The molecule has 1 heterocycles. The van der Waals surface area contributed by atoms with E-state index in [2.05, 4.69) is 39.6 Å². The molecule has 1 aromatic carbocycles. The smallest absolute Gasteiger partial charge is 0.222 e. The van der Waals surface area contributed by atoms with E-state index < -0.39 is 0 Å². The summed E-state index contributed by atoms with van der Waals surface area (Å²) in [6.07, 6.45) is 10.6. The van der Waals surface area contributed by atoms with Crippen molar-refractivity contribution in [2.24, 2.45) is 0 Å². The lowest BCUT2D eigenvalue weighted by Gasteiger charge is -2.22. The van der Waals surface area contributed by atoms with Gasteiger partial charge in [0, 0.05) is 25.0 Å². The molecule has 0 aliphatic heterocycles. The Morgan fingerprint density at radius 2 is 1.55 bits per heavy atom. The lowest BCUT2D eigenvalue weighted by atomic mass is 9.84. The van der Waals surface area contributed by atoms with Gasteiger partial charge in [0.05, 0.1) is 0 Å². The fraction of sp³-hybridized carbons (Fsp3) is 0.412. The van der Waals surface area contributed by atoms with E-state index in [-0.39, 0.29) is 0 Å². The number of benzene rings is 1. The van der Waals surface area contributed by atoms with E-state index in [1.54, 1.807) is 0 Å². The van der Waals surface area contributed by atoms with Gasteiger partial charge < -0.3 is 5.32 Å². The van der Waals surface area contributed by atoms with Gasteiger partial charge in [0.25, 0.3) is 0 Å². The first kappa shape index (κ1) is 13.1. The summed E-state index contributed by atoms with van der Waals surface area (Å²) in [7, 11) is 1.83. The van der Waals surface area contributed by atoms with Crippen molar-refractivity contribution in [3.8, 4) is 11.1 Å². The molecular weight excluding hydrogens is 246 g/mol. The number of rotatable bonds is 3. The van der Waals surface area contributed by atoms with Crippen molar-refractivity contribution in [3.63, 3.8) is 0 Å². The fourth-order valence-electron chi connectivity index (χ4n) is 2.99. The Balaban J connectivity index is 1.77. The number of hydrogen-bond acceptors (Lipinski definition) is 3. The SMILES string of the molecule is CNc1ncc(-c2ccc(C3CCCCC3)cc2)cn1. The van der Waals surface area contributed by atoms with Gasteiger partial charge in [-0.2, -0.15) is 0 Å². The van der Waals surface area contributed by atoms with Gasteiger partial charge in [0.2, 0.25) is 5.95 Å². The third-order valence-corrected chi connectivity index (χ3v) is 4.20. The van der Waals surface area contributed by atoms with Crippen molar-refractivity contribution in [1.82, 2.24) is 9.97 Å². The predicted octanol–water partition coefficient (Wildman–Crippen LogP) is 4.23. The average Bonchev–Trinajstić information content (AvgIpc) is 2.56. The average molecular weight is 267 g/mol. The van der Waals surface area contributed by atoms with Gasteiger partial charge in [-0.15, -0.1) is 0 Å². The summed E-state index contributed by atoms with van der Waals surface area (Å²) < 4.78 is 0. The highest BCUT2D eigenvalue weighted by atomic mass is 15.1. The van der Waals surface area contributed by atoms with Crippen molar-refractivity contribution < 1.29 is 0 Å². The topological polar surface area (TPSA) is 37.8 Å². The van der Waals surface area contributed by atoms with E-state index in [4.69, 9.17) is 0 Å². The molecule has 3 heteroatoms. The molecule has 1 saturated carbocycles. The summed E-state index contributed by atoms with van der Waals surface area (Å²) in [6, 6.07) is 8.94. The quantitative estimate of drug-likeness (QED) is 0.904. The van der Waals surface area contributed by atoms with Crippen LogP contribution in [0.5, 0.6) is 0 Å². The van der Waals surface area contributed by atoms with Crippen molar-refractivity contribution in [2.45, 2.75) is 38.0 Å². The zero-order valence-electron chi connectivity index (χ0n) is 12.0. The molecule has 0 saturated heterocycles. The first-order chi connectivity index (χ1) is 9.86. The van der Waals surface area contributed by atoms with Crippen LogP contribution in [-0.2, 0) is 0 Å². The van der Waals surface area contributed by atoms with Gasteiger partial charge >= 0.3 is 0 Å². The van der Waals surface area contributed by atoms with Crippen molar-refractivity contribution >= 4 is 5.95 Å². The predicted molar refractivity (Wildman–Crippen MR) is 82.8 cm³/mol. The van der Waals surface area contributed by atoms with E-state index in [9.17, 15) is 0 Å². The first-order valence-corrected chi connectivity index (χ1v) is 7.47. The standard InChI is InChI=1S/C17H21N3/c1-18-17-19-11-16(12-20-17)15-9-7-14(8-10-15)13-5-3-2-4-6-13/h7-13H,2-6H2,1H3,(H,18,19,20). The second-order valence-corrected chi connectivity index (χ2v) is 5.50. The minimum atomic E-state index is 0.660. The van der Waals surface area contributed by atoms with Crippen LogP contribution >= 0.6 is 0 Å². The summed E-state index contributed by atoms with van der Waals surface area (Å²) in [5.41, 5.74) is 3.74. The molecule has 3 rings (SSSR count). The molecule has 0 bridgehead atoms. The van der Waals surface area contributed by atoms with E-state index in [1.165, 1.54) is 43.2 Å². The van der Waals surface area contributed by atoms with Crippen molar-refractivity contribution in [2.75, 3.05) is 12.4 Å².